The topological polar surface area (TPSA) is 63.1 Å². The summed E-state index contributed by atoms with van der Waals surface area (Å²) in [6.45, 7) is 1.57. The van der Waals surface area contributed by atoms with Crippen molar-refractivity contribution in [1.29, 1.82) is 0 Å². The number of nitrogens with one attached hydrogen (secondary N) is 1. The number of rotatable bonds is 3. The maximum atomic E-state index is 13.3. The second kappa shape index (κ2) is 8.55. The number of fused-ring (bicyclic) bond motifs is 1. The normalized spacial score (nSPS) is 11.8. The summed E-state index contributed by atoms with van der Waals surface area (Å²) in [6, 6.07) is 16.4. The van der Waals surface area contributed by atoms with E-state index in [1.54, 1.807) is 25.1 Å². The number of benzene rings is 2. The summed E-state index contributed by atoms with van der Waals surface area (Å²) in [5.41, 5.74) is 2.20. The van der Waals surface area contributed by atoms with Gasteiger partial charge >= 0.3 is 6.18 Å². The van der Waals surface area contributed by atoms with Crippen LogP contribution >= 0.6 is 23.2 Å². The van der Waals surface area contributed by atoms with Crippen LogP contribution in [0.2, 0.25) is 10.0 Å². The number of pyridine rings is 1. The lowest BCUT2D eigenvalue weighted by Crippen LogP contribution is -2.19. The fourth-order valence-corrected chi connectivity index (χ4v) is 4.40. The summed E-state index contributed by atoms with van der Waals surface area (Å²) in [5.74, 6) is 0. The number of H-pyrrole nitrogens is 1. The van der Waals surface area contributed by atoms with E-state index in [4.69, 9.17) is 23.2 Å². The van der Waals surface area contributed by atoms with Crippen molar-refractivity contribution < 1.29 is 13.2 Å². The van der Waals surface area contributed by atoms with E-state index < -0.39 is 17.4 Å². The summed E-state index contributed by atoms with van der Waals surface area (Å²) in [5, 5.41) is 5.37. The predicted molar refractivity (Wildman–Crippen MR) is 130 cm³/mol. The highest BCUT2D eigenvalue weighted by molar-refractivity contribution is 6.36. The fraction of sp³-hybridized carbons (Fsp3) is 0.0800. The molecule has 5 rings (SSSR count). The number of aromatic amines is 1. The van der Waals surface area contributed by atoms with Crippen molar-refractivity contribution in [2.75, 3.05) is 0 Å². The van der Waals surface area contributed by atoms with Crippen LogP contribution in [-0.2, 0) is 6.18 Å². The van der Waals surface area contributed by atoms with Crippen molar-refractivity contribution in [3.63, 3.8) is 0 Å². The Hall–Kier alpha value is -3.62. The van der Waals surface area contributed by atoms with Crippen LogP contribution in [0.5, 0.6) is 0 Å². The van der Waals surface area contributed by atoms with Crippen LogP contribution in [0.1, 0.15) is 11.3 Å². The highest BCUT2D eigenvalue weighted by Crippen LogP contribution is 2.39. The van der Waals surface area contributed by atoms with E-state index in [2.05, 4.69) is 15.1 Å². The maximum Gasteiger partial charge on any atom is 0.433 e. The molecule has 3 aromatic heterocycles. The Morgan fingerprint density at radius 2 is 1.71 bits per heavy atom. The lowest BCUT2D eigenvalue weighted by molar-refractivity contribution is -0.141. The van der Waals surface area contributed by atoms with Crippen molar-refractivity contribution >= 4 is 28.8 Å². The number of hydrogen-bond acceptors (Lipinski definition) is 3. The molecule has 0 aliphatic heterocycles. The molecule has 5 nitrogen and oxygen atoms in total. The zero-order valence-electron chi connectivity index (χ0n) is 18.0. The van der Waals surface area contributed by atoms with Gasteiger partial charge in [-0.1, -0.05) is 59.6 Å². The van der Waals surface area contributed by atoms with Crippen molar-refractivity contribution in [3.8, 4) is 33.6 Å². The largest absolute Gasteiger partial charge is 0.433 e. The van der Waals surface area contributed by atoms with Crippen LogP contribution in [-0.4, -0.2) is 19.6 Å². The molecule has 0 aliphatic rings. The Labute approximate surface area is 206 Å². The Balaban J connectivity index is 1.83. The van der Waals surface area contributed by atoms with Crippen molar-refractivity contribution in [2.45, 2.75) is 13.1 Å². The molecule has 0 fully saturated rings. The Kier molecular flexibility index (Phi) is 5.65. The smallest absolute Gasteiger partial charge is 0.339 e. The summed E-state index contributed by atoms with van der Waals surface area (Å²) in [4.78, 5) is 20.1. The van der Waals surface area contributed by atoms with Crippen LogP contribution < -0.4 is 5.56 Å². The highest BCUT2D eigenvalue weighted by Gasteiger charge is 2.32. The van der Waals surface area contributed by atoms with Crippen LogP contribution in [0.3, 0.4) is 0 Å². The molecule has 35 heavy (non-hydrogen) atoms. The molecular formula is C25H15Cl2F3N4O. The number of aromatic nitrogens is 4. The zero-order valence-corrected chi connectivity index (χ0v) is 19.5. The molecule has 3 heterocycles. The molecule has 0 amide bonds. The summed E-state index contributed by atoms with van der Waals surface area (Å²) >= 11 is 12.6. The number of hydrogen-bond donors (Lipinski definition) is 1. The monoisotopic (exact) mass is 514 g/mol. The van der Waals surface area contributed by atoms with Gasteiger partial charge in [0, 0.05) is 33.5 Å². The van der Waals surface area contributed by atoms with E-state index in [0.717, 1.165) is 17.8 Å². The summed E-state index contributed by atoms with van der Waals surface area (Å²) in [7, 11) is 0. The molecule has 0 saturated carbocycles. The lowest BCUT2D eigenvalue weighted by Gasteiger charge is -2.11. The van der Waals surface area contributed by atoms with Gasteiger partial charge in [0.1, 0.15) is 17.0 Å². The molecular weight excluding hydrogens is 500 g/mol. The van der Waals surface area contributed by atoms with E-state index >= 15 is 0 Å². The Bertz CT molecular complexity index is 1630. The van der Waals surface area contributed by atoms with Gasteiger partial charge in [-0.15, -0.1) is 0 Å². The predicted octanol–water partition coefficient (Wildman–Crippen LogP) is 7.05. The van der Waals surface area contributed by atoms with E-state index in [1.807, 2.05) is 30.3 Å². The maximum absolute atomic E-state index is 13.3. The molecule has 0 aliphatic carbocycles. The van der Waals surface area contributed by atoms with Gasteiger partial charge in [0.15, 0.2) is 0 Å². The molecule has 1 N–H and O–H groups in total. The lowest BCUT2D eigenvalue weighted by atomic mass is 10.0. The summed E-state index contributed by atoms with van der Waals surface area (Å²) in [6.07, 6.45) is -3.49. The Morgan fingerprint density at radius 1 is 0.971 bits per heavy atom. The molecule has 0 bridgehead atoms. The molecule has 10 heteroatoms. The second-order valence-electron chi connectivity index (χ2n) is 7.83. The first-order chi connectivity index (χ1) is 16.6. The van der Waals surface area contributed by atoms with Gasteiger partial charge in [-0.2, -0.15) is 22.8 Å². The van der Waals surface area contributed by atoms with E-state index in [0.29, 0.717) is 43.8 Å². The van der Waals surface area contributed by atoms with E-state index in [-0.39, 0.29) is 5.56 Å². The molecule has 2 aromatic carbocycles. The third-order valence-electron chi connectivity index (χ3n) is 5.61. The molecule has 0 radical (unpaired) electrons. The van der Waals surface area contributed by atoms with Gasteiger partial charge < -0.3 is 4.98 Å². The van der Waals surface area contributed by atoms with Crippen molar-refractivity contribution in [3.05, 3.63) is 98.5 Å². The zero-order chi connectivity index (χ0) is 24.9. The number of nitrogens with zero attached hydrogens (tertiary/aromatic N) is 3. The van der Waals surface area contributed by atoms with Gasteiger partial charge in [0.2, 0.25) is 0 Å². The second-order valence-corrected chi connectivity index (χ2v) is 8.68. The first kappa shape index (κ1) is 23.1. The van der Waals surface area contributed by atoms with Gasteiger partial charge in [-0.05, 0) is 31.2 Å². The average molecular weight is 515 g/mol. The van der Waals surface area contributed by atoms with Gasteiger partial charge in [-0.25, -0.2) is 0 Å². The van der Waals surface area contributed by atoms with Crippen LogP contribution in [0, 0.1) is 6.92 Å². The van der Waals surface area contributed by atoms with E-state index in [1.165, 1.54) is 10.6 Å². The van der Waals surface area contributed by atoms with Gasteiger partial charge in [0.25, 0.3) is 5.56 Å². The quantitative estimate of drug-likeness (QED) is 0.280. The summed E-state index contributed by atoms with van der Waals surface area (Å²) < 4.78 is 40.2. The molecule has 0 atom stereocenters. The molecule has 176 valence electrons. The Morgan fingerprint density at radius 3 is 2.34 bits per heavy atom. The fourth-order valence-electron chi connectivity index (χ4n) is 3.90. The average Bonchev–Trinajstić information content (AvgIpc) is 3.21. The van der Waals surface area contributed by atoms with Crippen LogP contribution in [0.15, 0.2) is 71.7 Å². The minimum absolute atomic E-state index is 0.273. The first-order valence-electron chi connectivity index (χ1n) is 10.3. The third kappa shape index (κ3) is 4.09. The third-order valence-corrected chi connectivity index (χ3v) is 6.16. The number of halogens is 5. The molecule has 0 unspecified atom stereocenters. The van der Waals surface area contributed by atoms with Gasteiger partial charge in [-0.3, -0.25) is 9.78 Å². The standard InChI is InChI=1S/C25H15Cl2F3N4O/c1-13-21(15-7-10-19(31-12-15)25(28,29)30)32-23-20(17-9-8-16(26)11-18(17)27)22(33-34(23)24(13)35)14-5-3-2-4-6-14/h2-12,32H,1H3. The van der Waals surface area contributed by atoms with Crippen LogP contribution in [0.4, 0.5) is 13.2 Å². The van der Waals surface area contributed by atoms with Crippen LogP contribution in [0.25, 0.3) is 39.3 Å². The minimum atomic E-state index is -4.57. The molecule has 0 spiro atoms. The highest BCUT2D eigenvalue weighted by atomic mass is 35.5. The number of alkyl halides is 3. The minimum Gasteiger partial charge on any atom is -0.339 e. The molecule has 0 saturated heterocycles. The SMILES string of the molecule is Cc1c(-c2ccc(C(F)(F)F)nc2)[nH]c2c(-c3ccc(Cl)cc3Cl)c(-c3ccccc3)nn2c1=O. The van der Waals surface area contributed by atoms with Crippen molar-refractivity contribution in [1.82, 2.24) is 19.6 Å². The molecule has 5 aromatic rings. The van der Waals surface area contributed by atoms with Gasteiger partial charge in [0.05, 0.1) is 16.3 Å². The first-order valence-corrected chi connectivity index (χ1v) is 11.1. The van der Waals surface area contributed by atoms with Crippen molar-refractivity contribution in [2.24, 2.45) is 0 Å². The van der Waals surface area contributed by atoms with E-state index in [9.17, 15) is 18.0 Å².